The monoisotopic (exact) mass is 313 g/mol. The van der Waals surface area contributed by atoms with Gasteiger partial charge >= 0.3 is 0 Å². The van der Waals surface area contributed by atoms with E-state index < -0.39 is 10.0 Å². The minimum Gasteiger partial charge on any atom is -0.206 e. The SMILES string of the molecule is O=S(=O)(NC1c2ccccc2CC1Cl)c1cccs1. The first kappa shape index (κ1) is 13.1. The van der Waals surface area contributed by atoms with E-state index in [9.17, 15) is 8.42 Å². The molecule has 19 heavy (non-hydrogen) atoms. The van der Waals surface area contributed by atoms with Crippen LogP contribution in [0, 0.1) is 0 Å². The molecule has 2 unspecified atom stereocenters. The molecule has 1 aromatic heterocycles. The van der Waals surface area contributed by atoms with Gasteiger partial charge in [0.25, 0.3) is 10.0 Å². The number of halogens is 1. The highest BCUT2D eigenvalue weighted by Gasteiger charge is 2.34. The molecule has 1 aliphatic carbocycles. The van der Waals surface area contributed by atoms with Crippen molar-refractivity contribution in [1.29, 1.82) is 0 Å². The molecule has 1 aromatic carbocycles. The highest BCUT2D eigenvalue weighted by atomic mass is 35.5. The Kier molecular flexibility index (Phi) is 3.39. The predicted molar refractivity (Wildman–Crippen MR) is 77.2 cm³/mol. The Labute approximate surface area is 121 Å². The van der Waals surface area contributed by atoms with Crippen LogP contribution < -0.4 is 4.72 Å². The molecule has 1 N–H and O–H groups in total. The van der Waals surface area contributed by atoms with E-state index in [2.05, 4.69) is 4.72 Å². The Balaban J connectivity index is 1.92. The van der Waals surface area contributed by atoms with E-state index >= 15 is 0 Å². The highest BCUT2D eigenvalue weighted by Crippen LogP contribution is 2.36. The molecule has 6 heteroatoms. The van der Waals surface area contributed by atoms with Crippen molar-refractivity contribution in [2.75, 3.05) is 0 Å². The van der Waals surface area contributed by atoms with Gasteiger partial charge in [0, 0.05) is 0 Å². The summed E-state index contributed by atoms with van der Waals surface area (Å²) in [6.45, 7) is 0. The van der Waals surface area contributed by atoms with E-state index in [-0.39, 0.29) is 11.4 Å². The van der Waals surface area contributed by atoms with Crippen LogP contribution in [0.25, 0.3) is 0 Å². The Morgan fingerprint density at radius 2 is 2.00 bits per heavy atom. The van der Waals surface area contributed by atoms with Gasteiger partial charge in [0.15, 0.2) is 0 Å². The quantitative estimate of drug-likeness (QED) is 0.886. The van der Waals surface area contributed by atoms with Crippen molar-refractivity contribution in [2.45, 2.75) is 22.0 Å². The molecule has 2 aromatic rings. The average Bonchev–Trinajstić information content (AvgIpc) is 2.99. The normalized spacial score (nSPS) is 22.4. The molecule has 3 nitrogen and oxygen atoms in total. The van der Waals surface area contributed by atoms with Crippen molar-refractivity contribution in [3.63, 3.8) is 0 Å². The number of thiophene rings is 1. The Hall–Kier alpha value is -0.880. The molecule has 0 saturated carbocycles. The highest BCUT2D eigenvalue weighted by molar-refractivity contribution is 7.91. The molecule has 2 atom stereocenters. The second-order valence-corrected chi connectivity index (χ2v) is 7.90. The lowest BCUT2D eigenvalue weighted by molar-refractivity contribution is 0.558. The minimum absolute atomic E-state index is 0.243. The average molecular weight is 314 g/mol. The van der Waals surface area contributed by atoms with Crippen molar-refractivity contribution in [3.05, 3.63) is 52.9 Å². The van der Waals surface area contributed by atoms with Crippen molar-refractivity contribution in [2.24, 2.45) is 0 Å². The van der Waals surface area contributed by atoms with Crippen LogP contribution >= 0.6 is 22.9 Å². The van der Waals surface area contributed by atoms with Crippen LogP contribution in [0.2, 0.25) is 0 Å². The first-order valence-electron chi connectivity index (χ1n) is 5.85. The lowest BCUT2D eigenvalue weighted by Gasteiger charge is -2.16. The van der Waals surface area contributed by atoms with E-state index in [1.807, 2.05) is 24.3 Å². The lowest BCUT2D eigenvalue weighted by atomic mass is 10.1. The summed E-state index contributed by atoms with van der Waals surface area (Å²) in [5, 5.41) is 1.50. The third-order valence-corrected chi connectivity index (χ3v) is 6.45. The second kappa shape index (κ2) is 4.90. The molecule has 0 spiro atoms. The number of nitrogens with one attached hydrogen (secondary N) is 1. The van der Waals surface area contributed by atoms with Crippen molar-refractivity contribution in [1.82, 2.24) is 4.72 Å². The van der Waals surface area contributed by atoms with E-state index in [0.717, 1.165) is 11.1 Å². The van der Waals surface area contributed by atoms with Gasteiger partial charge in [-0.3, -0.25) is 0 Å². The first-order valence-corrected chi connectivity index (χ1v) is 8.65. The maximum atomic E-state index is 12.2. The molecule has 0 amide bonds. The molecule has 3 rings (SSSR count). The summed E-state index contributed by atoms with van der Waals surface area (Å²) < 4.78 is 27.5. The van der Waals surface area contributed by atoms with Crippen LogP contribution in [0.4, 0.5) is 0 Å². The van der Waals surface area contributed by atoms with E-state index in [1.54, 1.807) is 17.5 Å². The zero-order valence-electron chi connectivity index (χ0n) is 9.91. The molecular weight excluding hydrogens is 302 g/mol. The fraction of sp³-hybridized carbons (Fsp3) is 0.231. The van der Waals surface area contributed by atoms with Crippen LogP contribution in [0.3, 0.4) is 0 Å². The van der Waals surface area contributed by atoms with Gasteiger partial charge in [-0.15, -0.1) is 22.9 Å². The van der Waals surface area contributed by atoms with Gasteiger partial charge < -0.3 is 0 Å². The summed E-state index contributed by atoms with van der Waals surface area (Å²) in [5.41, 5.74) is 2.09. The Bertz CT molecular complexity index is 682. The molecule has 0 fully saturated rings. The van der Waals surface area contributed by atoms with Gasteiger partial charge in [-0.1, -0.05) is 30.3 Å². The zero-order valence-corrected chi connectivity index (χ0v) is 12.3. The summed E-state index contributed by atoms with van der Waals surface area (Å²) in [6, 6.07) is 10.7. The molecular formula is C13H12ClNO2S2. The number of rotatable bonds is 3. The number of sulfonamides is 1. The zero-order chi connectivity index (χ0) is 13.5. The topological polar surface area (TPSA) is 46.2 Å². The van der Waals surface area contributed by atoms with Crippen LogP contribution in [0.5, 0.6) is 0 Å². The van der Waals surface area contributed by atoms with E-state index in [0.29, 0.717) is 10.6 Å². The lowest BCUT2D eigenvalue weighted by Crippen LogP contribution is -2.31. The number of benzene rings is 1. The standard InChI is InChI=1S/C13H12ClNO2S2/c14-11-8-9-4-1-2-5-10(9)13(11)15-19(16,17)12-6-3-7-18-12/h1-7,11,13,15H,8H2. The molecule has 0 bridgehead atoms. The van der Waals surface area contributed by atoms with Crippen molar-refractivity contribution in [3.8, 4) is 0 Å². The third kappa shape index (κ3) is 2.43. The minimum atomic E-state index is -3.49. The maximum Gasteiger partial charge on any atom is 0.250 e. The number of hydrogen-bond acceptors (Lipinski definition) is 3. The first-order chi connectivity index (χ1) is 9.08. The van der Waals surface area contributed by atoms with Crippen molar-refractivity contribution < 1.29 is 8.42 Å². The molecule has 1 heterocycles. The second-order valence-electron chi connectivity index (χ2n) is 4.45. The number of hydrogen-bond donors (Lipinski definition) is 1. The Morgan fingerprint density at radius 1 is 1.21 bits per heavy atom. The third-order valence-electron chi connectivity index (χ3n) is 3.21. The summed E-state index contributed by atoms with van der Waals surface area (Å²) in [6.07, 6.45) is 0.690. The van der Waals surface area contributed by atoms with Gasteiger partial charge in [0.2, 0.25) is 0 Å². The van der Waals surface area contributed by atoms with Crippen LogP contribution in [0.15, 0.2) is 46.0 Å². The largest absolute Gasteiger partial charge is 0.250 e. The predicted octanol–water partition coefficient (Wildman–Crippen LogP) is 2.93. The van der Waals surface area contributed by atoms with Crippen LogP contribution in [-0.4, -0.2) is 13.8 Å². The summed E-state index contributed by atoms with van der Waals surface area (Å²) in [7, 11) is -3.49. The maximum absolute atomic E-state index is 12.2. The summed E-state index contributed by atoms with van der Waals surface area (Å²) >= 11 is 7.49. The molecule has 0 aliphatic heterocycles. The van der Waals surface area contributed by atoms with Crippen LogP contribution in [0.1, 0.15) is 17.2 Å². The van der Waals surface area contributed by atoms with Crippen LogP contribution in [-0.2, 0) is 16.4 Å². The molecule has 0 saturated heterocycles. The van der Waals surface area contributed by atoms with Gasteiger partial charge in [0.1, 0.15) is 4.21 Å². The molecule has 1 aliphatic rings. The number of fused-ring (bicyclic) bond motifs is 1. The Morgan fingerprint density at radius 3 is 2.74 bits per heavy atom. The summed E-state index contributed by atoms with van der Waals surface area (Å²) in [5.74, 6) is 0. The molecule has 100 valence electrons. The van der Waals surface area contributed by atoms with Gasteiger partial charge in [-0.05, 0) is 29.0 Å². The molecule has 0 radical (unpaired) electrons. The summed E-state index contributed by atoms with van der Waals surface area (Å²) in [4.78, 5) is 0. The van der Waals surface area contributed by atoms with Gasteiger partial charge in [-0.2, -0.15) is 0 Å². The van der Waals surface area contributed by atoms with Crippen molar-refractivity contribution >= 4 is 33.0 Å². The number of alkyl halides is 1. The fourth-order valence-corrected chi connectivity index (χ4v) is 5.03. The fourth-order valence-electron chi connectivity index (χ4n) is 2.33. The smallest absolute Gasteiger partial charge is 0.206 e. The van der Waals surface area contributed by atoms with Gasteiger partial charge in [-0.25, -0.2) is 13.1 Å². The van der Waals surface area contributed by atoms with E-state index in [4.69, 9.17) is 11.6 Å². The van der Waals surface area contributed by atoms with E-state index in [1.165, 1.54) is 11.3 Å². The van der Waals surface area contributed by atoms with Gasteiger partial charge in [0.05, 0.1) is 11.4 Å².